The number of hydrogen-bond acceptors (Lipinski definition) is 5. The number of benzene rings is 1. The third-order valence-electron chi connectivity index (χ3n) is 4.45. The van der Waals surface area contributed by atoms with Crippen molar-refractivity contribution in [2.75, 3.05) is 13.1 Å². The molecule has 2 aromatic heterocycles. The van der Waals surface area contributed by atoms with E-state index in [1.165, 1.54) is 0 Å². The normalized spacial score (nSPS) is 17.2. The SMILES string of the molecule is Cc1cc(C(=O)N2CC[C@@H](Oc3ccccc3)C2)c2c(C)noc2n1. The number of para-hydroxylation sites is 1. The second-order valence-electron chi connectivity index (χ2n) is 6.35. The van der Waals surface area contributed by atoms with Gasteiger partial charge in [0.05, 0.1) is 23.2 Å². The van der Waals surface area contributed by atoms with E-state index in [1.54, 1.807) is 6.07 Å². The molecule has 0 radical (unpaired) electrons. The van der Waals surface area contributed by atoms with Gasteiger partial charge in [0.25, 0.3) is 11.6 Å². The molecule has 1 saturated heterocycles. The standard InChI is InChI=1S/C19H19N3O3/c1-12-10-16(17-13(2)21-25-18(17)20-12)19(23)22-9-8-15(11-22)24-14-6-4-3-5-7-14/h3-7,10,15H,8-9,11H2,1-2H3/t15-/m1/s1. The molecule has 1 atom stereocenters. The third kappa shape index (κ3) is 2.95. The van der Waals surface area contributed by atoms with Crippen LogP contribution in [0.5, 0.6) is 5.75 Å². The first kappa shape index (κ1) is 15.6. The molecule has 25 heavy (non-hydrogen) atoms. The highest BCUT2D eigenvalue weighted by atomic mass is 16.5. The quantitative estimate of drug-likeness (QED) is 0.734. The van der Waals surface area contributed by atoms with Crippen LogP contribution in [0, 0.1) is 13.8 Å². The lowest BCUT2D eigenvalue weighted by Gasteiger charge is -2.18. The molecule has 3 aromatic rings. The number of pyridine rings is 1. The van der Waals surface area contributed by atoms with Gasteiger partial charge in [-0.25, -0.2) is 4.98 Å². The highest BCUT2D eigenvalue weighted by Gasteiger charge is 2.30. The summed E-state index contributed by atoms with van der Waals surface area (Å²) in [4.78, 5) is 19.2. The minimum Gasteiger partial charge on any atom is -0.489 e. The average molecular weight is 337 g/mol. The van der Waals surface area contributed by atoms with Gasteiger partial charge in [-0.3, -0.25) is 4.79 Å². The second kappa shape index (κ2) is 6.20. The number of amides is 1. The Kier molecular flexibility index (Phi) is 3.87. The van der Waals surface area contributed by atoms with Gasteiger partial charge in [0.2, 0.25) is 0 Å². The average Bonchev–Trinajstić information content (AvgIpc) is 3.22. The van der Waals surface area contributed by atoms with Crippen molar-refractivity contribution < 1.29 is 14.1 Å². The zero-order valence-electron chi connectivity index (χ0n) is 14.2. The molecule has 4 rings (SSSR count). The number of likely N-dealkylation sites (tertiary alicyclic amines) is 1. The highest BCUT2D eigenvalue weighted by Crippen LogP contribution is 2.25. The number of carbonyl (C=O) groups excluding carboxylic acids is 1. The fourth-order valence-corrected chi connectivity index (χ4v) is 3.26. The van der Waals surface area contributed by atoms with E-state index in [4.69, 9.17) is 9.26 Å². The molecule has 3 heterocycles. The summed E-state index contributed by atoms with van der Waals surface area (Å²) < 4.78 is 11.2. The fraction of sp³-hybridized carbons (Fsp3) is 0.316. The van der Waals surface area contributed by atoms with Gasteiger partial charge in [-0.15, -0.1) is 0 Å². The molecule has 1 aliphatic heterocycles. The molecule has 0 unspecified atom stereocenters. The van der Waals surface area contributed by atoms with E-state index in [2.05, 4.69) is 10.1 Å². The van der Waals surface area contributed by atoms with Crippen molar-refractivity contribution in [1.29, 1.82) is 0 Å². The van der Waals surface area contributed by atoms with E-state index < -0.39 is 0 Å². The topological polar surface area (TPSA) is 68.5 Å². The molecule has 1 fully saturated rings. The van der Waals surface area contributed by atoms with E-state index in [0.717, 1.165) is 17.9 Å². The number of ether oxygens (including phenoxy) is 1. The van der Waals surface area contributed by atoms with Gasteiger partial charge in [0, 0.05) is 18.7 Å². The van der Waals surface area contributed by atoms with Gasteiger partial charge in [-0.05, 0) is 32.0 Å². The predicted octanol–water partition coefficient (Wildman–Crippen LogP) is 3.13. The molecule has 1 aromatic carbocycles. The number of carbonyl (C=O) groups is 1. The van der Waals surface area contributed by atoms with Crippen molar-refractivity contribution in [3.8, 4) is 5.75 Å². The van der Waals surface area contributed by atoms with Crippen LogP contribution in [0.2, 0.25) is 0 Å². The van der Waals surface area contributed by atoms with Gasteiger partial charge < -0.3 is 14.2 Å². The first-order chi connectivity index (χ1) is 12.1. The van der Waals surface area contributed by atoms with Crippen molar-refractivity contribution in [3.63, 3.8) is 0 Å². The van der Waals surface area contributed by atoms with E-state index in [0.29, 0.717) is 35.4 Å². The maximum Gasteiger partial charge on any atom is 0.258 e. The van der Waals surface area contributed by atoms with E-state index >= 15 is 0 Å². The van der Waals surface area contributed by atoms with Gasteiger partial charge in [0.15, 0.2) is 0 Å². The minimum absolute atomic E-state index is 0.00773. The van der Waals surface area contributed by atoms with Crippen LogP contribution in [-0.2, 0) is 0 Å². The van der Waals surface area contributed by atoms with E-state index in [1.807, 2.05) is 49.1 Å². The molecule has 0 spiro atoms. The fourth-order valence-electron chi connectivity index (χ4n) is 3.26. The van der Waals surface area contributed by atoms with Gasteiger partial charge in [0.1, 0.15) is 11.9 Å². The van der Waals surface area contributed by atoms with E-state index in [9.17, 15) is 4.79 Å². The maximum absolute atomic E-state index is 13.0. The Balaban J connectivity index is 1.55. The van der Waals surface area contributed by atoms with Crippen LogP contribution in [0.25, 0.3) is 11.1 Å². The molecule has 0 saturated carbocycles. The Morgan fingerprint density at radius 2 is 2.08 bits per heavy atom. The number of nitrogens with zero attached hydrogens (tertiary/aromatic N) is 3. The maximum atomic E-state index is 13.0. The summed E-state index contributed by atoms with van der Waals surface area (Å²) >= 11 is 0. The number of aryl methyl sites for hydroxylation is 2. The van der Waals surface area contributed by atoms with Crippen LogP contribution in [-0.4, -0.2) is 40.1 Å². The summed E-state index contributed by atoms with van der Waals surface area (Å²) in [6.45, 7) is 4.91. The molecule has 0 aliphatic carbocycles. The summed E-state index contributed by atoms with van der Waals surface area (Å²) in [6, 6.07) is 11.5. The van der Waals surface area contributed by atoms with Crippen molar-refractivity contribution in [3.05, 3.63) is 53.3 Å². The minimum atomic E-state index is -0.0269. The first-order valence-electron chi connectivity index (χ1n) is 8.36. The zero-order valence-corrected chi connectivity index (χ0v) is 14.2. The third-order valence-corrected chi connectivity index (χ3v) is 4.45. The first-order valence-corrected chi connectivity index (χ1v) is 8.36. The molecular formula is C19H19N3O3. The van der Waals surface area contributed by atoms with Crippen LogP contribution >= 0.6 is 0 Å². The lowest BCUT2D eigenvalue weighted by atomic mass is 10.1. The van der Waals surface area contributed by atoms with Crippen LogP contribution in [0.3, 0.4) is 0 Å². The lowest BCUT2D eigenvalue weighted by Crippen LogP contribution is -2.31. The summed E-state index contributed by atoms with van der Waals surface area (Å²) in [5, 5.41) is 4.64. The summed E-state index contributed by atoms with van der Waals surface area (Å²) in [5.74, 6) is 0.805. The molecule has 0 N–H and O–H groups in total. The largest absolute Gasteiger partial charge is 0.489 e. The molecule has 1 amide bonds. The Bertz CT molecular complexity index is 920. The summed E-state index contributed by atoms with van der Waals surface area (Å²) in [6.07, 6.45) is 0.824. The van der Waals surface area contributed by atoms with E-state index in [-0.39, 0.29) is 12.0 Å². The molecule has 6 nitrogen and oxygen atoms in total. The van der Waals surface area contributed by atoms with Crippen molar-refractivity contribution >= 4 is 17.0 Å². The van der Waals surface area contributed by atoms with Gasteiger partial charge in [-0.2, -0.15) is 0 Å². The number of aromatic nitrogens is 2. The number of rotatable bonds is 3. The Labute approximate surface area is 145 Å². The summed E-state index contributed by atoms with van der Waals surface area (Å²) in [7, 11) is 0. The Hall–Kier alpha value is -2.89. The van der Waals surface area contributed by atoms with Crippen LogP contribution < -0.4 is 4.74 Å². The van der Waals surface area contributed by atoms with Crippen molar-refractivity contribution in [2.24, 2.45) is 0 Å². The van der Waals surface area contributed by atoms with Crippen molar-refractivity contribution in [1.82, 2.24) is 15.0 Å². The second-order valence-corrected chi connectivity index (χ2v) is 6.35. The van der Waals surface area contributed by atoms with Gasteiger partial charge in [-0.1, -0.05) is 23.4 Å². The predicted molar refractivity (Wildman–Crippen MR) is 92.7 cm³/mol. The van der Waals surface area contributed by atoms with Crippen LogP contribution in [0.15, 0.2) is 40.9 Å². The molecule has 0 bridgehead atoms. The molecular weight excluding hydrogens is 318 g/mol. The molecule has 6 heteroatoms. The lowest BCUT2D eigenvalue weighted by molar-refractivity contribution is 0.0774. The molecule has 128 valence electrons. The monoisotopic (exact) mass is 337 g/mol. The number of fused-ring (bicyclic) bond motifs is 1. The van der Waals surface area contributed by atoms with Gasteiger partial charge >= 0.3 is 0 Å². The highest BCUT2D eigenvalue weighted by molar-refractivity contribution is 6.06. The molecule has 1 aliphatic rings. The smallest absolute Gasteiger partial charge is 0.258 e. The zero-order chi connectivity index (χ0) is 17.4. The Morgan fingerprint density at radius 1 is 1.28 bits per heavy atom. The van der Waals surface area contributed by atoms with Crippen LogP contribution in [0.1, 0.15) is 28.2 Å². The Morgan fingerprint density at radius 3 is 2.88 bits per heavy atom. The number of hydrogen-bond donors (Lipinski definition) is 0. The van der Waals surface area contributed by atoms with Crippen molar-refractivity contribution in [2.45, 2.75) is 26.4 Å². The summed E-state index contributed by atoms with van der Waals surface area (Å²) in [5.41, 5.74) is 2.43. The van der Waals surface area contributed by atoms with Crippen LogP contribution in [0.4, 0.5) is 0 Å².